The molecule has 1 amide bonds. The minimum absolute atomic E-state index is 0.0364. The molecule has 0 bridgehead atoms. The van der Waals surface area contributed by atoms with Gasteiger partial charge in [0, 0.05) is 18.3 Å². The van der Waals surface area contributed by atoms with Crippen LogP contribution in [0.2, 0.25) is 0 Å². The highest BCUT2D eigenvalue weighted by molar-refractivity contribution is 6.07. The van der Waals surface area contributed by atoms with E-state index in [1.54, 1.807) is 13.0 Å². The number of para-hydroxylation sites is 1. The minimum atomic E-state index is -0.645. The summed E-state index contributed by atoms with van der Waals surface area (Å²) < 4.78 is 15.2. The maximum Gasteiger partial charge on any atom is 0.262 e. The number of halogens is 1. The molecule has 1 N–H and O–H groups in total. The van der Waals surface area contributed by atoms with E-state index in [0.29, 0.717) is 11.4 Å². The number of aromatic nitrogens is 2. The van der Waals surface area contributed by atoms with Crippen LogP contribution in [0.5, 0.6) is 0 Å². The number of nitrogens with one attached hydrogen (secondary N) is 1. The number of aryl methyl sites for hydroxylation is 2. The molecule has 0 fully saturated rings. The summed E-state index contributed by atoms with van der Waals surface area (Å²) in [6.45, 7) is 3.59. The van der Waals surface area contributed by atoms with Gasteiger partial charge in [-0.3, -0.25) is 4.79 Å². The minimum Gasteiger partial charge on any atom is -0.321 e. The zero-order valence-electron chi connectivity index (χ0n) is 15.0. The van der Waals surface area contributed by atoms with Crippen molar-refractivity contribution in [2.24, 2.45) is 7.05 Å². The molecule has 0 atom stereocenters. The van der Waals surface area contributed by atoms with Gasteiger partial charge in [-0.05, 0) is 31.0 Å². The second-order valence-corrected chi connectivity index (χ2v) is 6.00. The quantitative estimate of drug-likeness (QED) is 0.734. The molecule has 0 radical (unpaired) electrons. The van der Waals surface area contributed by atoms with Crippen molar-refractivity contribution in [3.63, 3.8) is 0 Å². The Balaban J connectivity index is 1.93. The van der Waals surface area contributed by atoms with Crippen molar-refractivity contribution in [1.82, 2.24) is 9.78 Å². The Labute approximate surface area is 152 Å². The number of allylic oxidation sites excluding steroid dienone is 1. The van der Waals surface area contributed by atoms with E-state index in [0.717, 1.165) is 21.4 Å². The summed E-state index contributed by atoms with van der Waals surface area (Å²) in [6.07, 6.45) is 4.00. The Morgan fingerprint density at radius 1 is 1.15 bits per heavy atom. The molecule has 4 nitrogen and oxygen atoms in total. The molecule has 0 spiro atoms. The van der Waals surface area contributed by atoms with Crippen LogP contribution >= 0.6 is 0 Å². The number of hydrogen-bond acceptors (Lipinski definition) is 2. The van der Waals surface area contributed by atoms with Crippen LogP contribution in [0.3, 0.4) is 0 Å². The van der Waals surface area contributed by atoms with E-state index < -0.39 is 11.9 Å². The summed E-state index contributed by atoms with van der Waals surface area (Å²) in [7, 11) is 1.47. The van der Waals surface area contributed by atoms with Crippen molar-refractivity contribution in [3.05, 3.63) is 77.4 Å². The molecule has 132 valence electrons. The SMILES string of the molecule is CC=Cc1ccc(-c2ccccc2NC(=O)c2c(C)nn(C)c2F)cc1. The van der Waals surface area contributed by atoms with Gasteiger partial charge in [-0.2, -0.15) is 9.49 Å². The van der Waals surface area contributed by atoms with Crippen LogP contribution in [0.15, 0.2) is 54.6 Å². The number of carbonyl (C=O) groups is 1. The summed E-state index contributed by atoms with van der Waals surface area (Å²) in [5.41, 5.74) is 3.89. The fraction of sp³-hybridized carbons (Fsp3) is 0.143. The third-order valence-electron chi connectivity index (χ3n) is 4.14. The lowest BCUT2D eigenvalue weighted by Crippen LogP contribution is -2.15. The van der Waals surface area contributed by atoms with Crippen LogP contribution in [0.25, 0.3) is 17.2 Å². The molecule has 0 saturated heterocycles. The largest absolute Gasteiger partial charge is 0.321 e. The lowest BCUT2D eigenvalue weighted by atomic mass is 10.0. The average Bonchev–Trinajstić information content (AvgIpc) is 2.88. The molecule has 0 unspecified atom stereocenters. The van der Waals surface area contributed by atoms with Crippen molar-refractivity contribution >= 4 is 17.7 Å². The van der Waals surface area contributed by atoms with E-state index in [2.05, 4.69) is 10.4 Å². The van der Waals surface area contributed by atoms with E-state index in [-0.39, 0.29) is 5.56 Å². The summed E-state index contributed by atoms with van der Waals surface area (Å²) >= 11 is 0. The van der Waals surface area contributed by atoms with Crippen molar-refractivity contribution < 1.29 is 9.18 Å². The fourth-order valence-electron chi connectivity index (χ4n) is 2.88. The van der Waals surface area contributed by atoms with Gasteiger partial charge in [0.15, 0.2) is 0 Å². The molecule has 0 saturated carbocycles. The number of carbonyl (C=O) groups excluding carboxylic acids is 1. The molecular weight excluding hydrogens is 329 g/mol. The Kier molecular flexibility index (Phi) is 4.98. The number of anilines is 1. The van der Waals surface area contributed by atoms with E-state index in [1.165, 1.54) is 7.05 Å². The highest BCUT2D eigenvalue weighted by Crippen LogP contribution is 2.29. The average molecular weight is 349 g/mol. The molecule has 26 heavy (non-hydrogen) atoms. The van der Waals surface area contributed by atoms with Gasteiger partial charge in [0.2, 0.25) is 5.95 Å². The van der Waals surface area contributed by atoms with Gasteiger partial charge in [0.1, 0.15) is 5.56 Å². The van der Waals surface area contributed by atoms with Gasteiger partial charge < -0.3 is 5.32 Å². The van der Waals surface area contributed by atoms with Crippen LogP contribution in [0.1, 0.15) is 28.5 Å². The first kappa shape index (κ1) is 17.6. The summed E-state index contributed by atoms with van der Waals surface area (Å²) in [6, 6.07) is 15.5. The Morgan fingerprint density at radius 3 is 2.46 bits per heavy atom. The van der Waals surface area contributed by atoms with Gasteiger partial charge in [-0.25, -0.2) is 4.68 Å². The van der Waals surface area contributed by atoms with Gasteiger partial charge in [0.25, 0.3) is 5.91 Å². The molecule has 0 aliphatic carbocycles. The number of amides is 1. The third-order valence-corrected chi connectivity index (χ3v) is 4.14. The number of rotatable bonds is 4. The fourth-order valence-corrected chi connectivity index (χ4v) is 2.88. The summed E-state index contributed by atoms with van der Waals surface area (Å²) in [5.74, 6) is -1.15. The first-order chi connectivity index (χ1) is 12.5. The van der Waals surface area contributed by atoms with Crippen LogP contribution in [-0.2, 0) is 7.05 Å². The summed E-state index contributed by atoms with van der Waals surface area (Å²) in [4.78, 5) is 12.6. The normalized spacial score (nSPS) is 11.1. The van der Waals surface area contributed by atoms with Crippen LogP contribution < -0.4 is 5.32 Å². The molecule has 3 aromatic rings. The standard InChI is InChI=1S/C21H20FN3O/c1-4-7-15-10-12-16(13-11-15)17-8-5-6-9-18(17)23-21(26)19-14(2)24-25(3)20(19)22/h4-13H,1-3H3,(H,23,26). The molecular formula is C21H20FN3O. The zero-order valence-corrected chi connectivity index (χ0v) is 15.0. The van der Waals surface area contributed by atoms with E-state index >= 15 is 0 Å². The lowest BCUT2D eigenvalue weighted by molar-refractivity contribution is 0.102. The smallest absolute Gasteiger partial charge is 0.262 e. The predicted molar refractivity (Wildman–Crippen MR) is 102 cm³/mol. The van der Waals surface area contributed by atoms with Crippen LogP contribution in [-0.4, -0.2) is 15.7 Å². The van der Waals surface area contributed by atoms with E-state index in [4.69, 9.17) is 0 Å². The molecule has 0 aliphatic heterocycles. The Bertz CT molecular complexity index is 971. The van der Waals surface area contributed by atoms with Crippen molar-refractivity contribution in [1.29, 1.82) is 0 Å². The van der Waals surface area contributed by atoms with E-state index in [9.17, 15) is 9.18 Å². The second kappa shape index (κ2) is 7.35. The van der Waals surface area contributed by atoms with E-state index in [1.807, 2.05) is 61.5 Å². The lowest BCUT2D eigenvalue weighted by Gasteiger charge is -2.11. The predicted octanol–water partition coefficient (Wildman–Crippen LogP) is 4.82. The van der Waals surface area contributed by atoms with Gasteiger partial charge >= 0.3 is 0 Å². The third kappa shape index (κ3) is 3.42. The maximum absolute atomic E-state index is 14.1. The molecule has 3 rings (SSSR count). The monoisotopic (exact) mass is 349 g/mol. The highest BCUT2D eigenvalue weighted by Gasteiger charge is 2.21. The molecule has 1 aromatic heterocycles. The second-order valence-electron chi connectivity index (χ2n) is 6.00. The molecule has 0 aliphatic rings. The number of benzene rings is 2. The first-order valence-electron chi connectivity index (χ1n) is 8.34. The Hall–Kier alpha value is -3.21. The Morgan fingerprint density at radius 2 is 1.85 bits per heavy atom. The number of hydrogen-bond donors (Lipinski definition) is 1. The van der Waals surface area contributed by atoms with Gasteiger partial charge in [-0.15, -0.1) is 0 Å². The van der Waals surface area contributed by atoms with Crippen molar-refractivity contribution in [2.75, 3.05) is 5.32 Å². The highest BCUT2D eigenvalue weighted by atomic mass is 19.1. The van der Waals surface area contributed by atoms with Gasteiger partial charge in [-0.1, -0.05) is 54.6 Å². The van der Waals surface area contributed by atoms with Crippen LogP contribution in [0.4, 0.5) is 10.1 Å². The summed E-state index contributed by atoms with van der Waals surface area (Å²) in [5, 5.41) is 6.77. The molecule has 2 aromatic carbocycles. The first-order valence-corrected chi connectivity index (χ1v) is 8.34. The number of nitrogens with zero attached hydrogens (tertiary/aromatic N) is 2. The zero-order chi connectivity index (χ0) is 18.7. The van der Waals surface area contributed by atoms with Crippen LogP contribution in [0, 0.1) is 12.9 Å². The molecule has 1 heterocycles. The van der Waals surface area contributed by atoms with Gasteiger partial charge in [0.05, 0.1) is 5.69 Å². The van der Waals surface area contributed by atoms with Crippen molar-refractivity contribution in [3.8, 4) is 11.1 Å². The maximum atomic E-state index is 14.1. The topological polar surface area (TPSA) is 46.9 Å². The molecule has 5 heteroatoms. The van der Waals surface area contributed by atoms with Crippen molar-refractivity contribution in [2.45, 2.75) is 13.8 Å².